The average Bonchev–Trinajstić information content (AvgIpc) is 2.14. The van der Waals surface area contributed by atoms with Crippen LogP contribution in [0, 0.1) is 0 Å². The molecule has 1 unspecified atom stereocenters. The molecule has 1 aliphatic carbocycles. The van der Waals surface area contributed by atoms with Gasteiger partial charge in [0.05, 0.1) is 0 Å². The van der Waals surface area contributed by atoms with Crippen LogP contribution in [0.1, 0.15) is 12.8 Å². The maximum Gasteiger partial charge on any atom is 0.0410 e. The van der Waals surface area contributed by atoms with E-state index in [2.05, 4.69) is 29.0 Å². The molecule has 1 aliphatic rings. The molecule has 0 saturated heterocycles. The molecule has 0 aromatic carbocycles. The molecule has 0 aromatic rings. The van der Waals surface area contributed by atoms with Crippen molar-refractivity contribution in [1.82, 2.24) is 4.72 Å². The molecule has 3 heteroatoms. The van der Waals surface area contributed by atoms with Crippen LogP contribution in [0.5, 0.6) is 0 Å². The molecule has 0 aromatic heterocycles. The second-order valence-electron chi connectivity index (χ2n) is 2.74. The minimum absolute atomic E-state index is 0.604. The van der Waals surface area contributed by atoms with Crippen LogP contribution in [0.4, 0.5) is 0 Å². The fourth-order valence-electron chi connectivity index (χ4n) is 0.985. The van der Waals surface area contributed by atoms with Crippen molar-refractivity contribution in [2.45, 2.75) is 18.1 Å². The highest BCUT2D eigenvalue weighted by molar-refractivity contribution is 7.98. The third-order valence-electron chi connectivity index (χ3n) is 1.66. The van der Waals surface area contributed by atoms with Crippen LogP contribution < -0.4 is 10.5 Å². The van der Waals surface area contributed by atoms with Gasteiger partial charge < -0.3 is 5.73 Å². The minimum Gasteiger partial charge on any atom is -0.330 e. The van der Waals surface area contributed by atoms with Crippen molar-refractivity contribution >= 4 is 11.9 Å². The number of nitrogens with two attached hydrogens (primary N) is 1. The van der Waals surface area contributed by atoms with E-state index in [0.717, 1.165) is 25.9 Å². The van der Waals surface area contributed by atoms with Crippen LogP contribution in [0.2, 0.25) is 0 Å². The molecular weight excluding hydrogens is 168 g/mol. The molecule has 68 valence electrons. The SMILES string of the molecule is NCCCNSC1C=CC=CC1. The number of allylic oxidation sites excluding steroid dienone is 3. The van der Waals surface area contributed by atoms with Crippen molar-refractivity contribution in [3.8, 4) is 0 Å². The maximum absolute atomic E-state index is 5.37. The van der Waals surface area contributed by atoms with Gasteiger partial charge in [0.1, 0.15) is 0 Å². The van der Waals surface area contributed by atoms with Crippen LogP contribution in [-0.4, -0.2) is 18.3 Å². The van der Waals surface area contributed by atoms with E-state index in [1.54, 1.807) is 11.9 Å². The van der Waals surface area contributed by atoms with E-state index < -0.39 is 0 Å². The van der Waals surface area contributed by atoms with Crippen molar-refractivity contribution in [1.29, 1.82) is 0 Å². The largest absolute Gasteiger partial charge is 0.330 e. The summed E-state index contributed by atoms with van der Waals surface area (Å²) < 4.78 is 3.31. The Morgan fingerprint density at radius 2 is 2.42 bits per heavy atom. The second kappa shape index (κ2) is 6.29. The summed E-state index contributed by atoms with van der Waals surface area (Å²) in [4.78, 5) is 0. The van der Waals surface area contributed by atoms with E-state index in [-0.39, 0.29) is 0 Å². The summed E-state index contributed by atoms with van der Waals surface area (Å²) in [7, 11) is 0. The summed E-state index contributed by atoms with van der Waals surface area (Å²) in [5.74, 6) is 0. The van der Waals surface area contributed by atoms with Gasteiger partial charge in [0.15, 0.2) is 0 Å². The zero-order chi connectivity index (χ0) is 8.65. The highest BCUT2D eigenvalue weighted by Gasteiger charge is 2.03. The van der Waals surface area contributed by atoms with Gasteiger partial charge in [0, 0.05) is 11.8 Å². The van der Waals surface area contributed by atoms with E-state index >= 15 is 0 Å². The van der Waals surface area contributed by atoms with Gasteiger partial charge in [0.25, 0.3) is 0 Å². The van der Waals surface area contributed by atoms with Gasteiger partial charge in [-0.05, 0) is 19.4 Å². The second-order valence-corrected chi connectivity index (χ2v) is 3.87. The van der Waals surface area contributed by atoms with Crippen LogP contribution in [-0.2, 0) is 0 Å². The smallest absolute Gasteiger partial charge is 0.0410 e. The summed E-state index contributed by atoms with van der Waals surface area (Å²) in [6.45, 7) is 1.78. The van der Waals surface area contributed by atoms with Gasteiger partial charge in [-0.15, -0.1) is 0 Å². The summed E-state index contributed by atoms with van der Waals surface area (Å²) in [6.07, 6.45) is 10.8. The van der Waals surface area contributed by atoms with Crippen LogP contribution in [0.3, 0.4) is 0 Å². The highest BCUT2D eigenvalue weighted by Crippen LogP contribution is 2.16. The molecule has 0 radical (unpaired) electrons. The molecule has 0 amide bonds. The van der Waals surface area contributed by atoms with Gasteiger partial charge in [-0.2, -0.15) is 0 Å². The standard InChI is InChI=1S/C9H16N2S/c10-7-4-8-11-12-9-5-2-1-3-6-9/h1-3,5,9,11H,4,6-8,10H2. The number of hydrogen-bond donors (Lipinski definition) is 2. The van der Waals surface area contributed by atoms with Crippen molar-refractivity contribution in [3.05, 3.63) is 24.3 Å². The molecule has 0 heterocycles. The molecule has 2 nitrogen and oxygen atoms in total. The average molecular weight is 184 g/mol. The van der Waals surface area contributed by atoms with Crippen LogP contribution in [0.15, 0.2) is 24.3 Å². The van der Waals surface area contributed by atoms with E-state index in [9.17, 15) is 0 Å². The Labute approximate surface area is 78.4 Å². The summed E-state index contributed by atoms with van der Waals surface area (Å²) >= 11 is 1.79. The van der Waals surface area contributed by atoms with Gasteiger partial charge in [-0.3, -0.25) is 4.72 Å². The fourth-order valence-corrected chi connectivity index (χ4v) is 1.84. The van der Waals surface area contributed by atoms with E-state index in [1.165, 1.54) is 0 Å². The van der Waals surface area contributed by atoms with Crippen molar-refractivity contribution < 1.29 is 0 Å². The summed E-state index contributed by atoms with van der Waals surface area (Å²) in [5.41, 5.74) is 5.37. The fraction of sp³-hybridized carbons (Fsp3) is 0.556. The van der Waals surface area contributed by atoms with Crippen LogP contribution >= 0.6 is 11.9 Å². The molecule has 0 fully saturated rings. The lowest BCUT2D eigenvalue weighted by atomic mass is 10.2. The lowest BCUT2D eigenvalue weighted by Gasteiger charge is -2.12. The Balaban J connectivity index is 2.00. The van der Waals surface area contributed by atoms with E-state index in [4.69, 9.17) is 5.73 Å². The zero-order valence-electron chi connectivity index (χ0n) is 7.20. The van der Waals surface area contributed by atoms with Crippen molar-refractivity contribution in [2.75, 3.05) is 13.1 Å². The maximum atomic E-state index is 5.37. The number of hydrogen-bond acceptors (Lipinski definition) is 3. The molecular formula is C9H16N2S. The Bertz CT molecular complexity index is 166. The number of nitrogens with one attached hydrogen (secondary N) is 1. The van der Waals surface area contributed by atoms with Gasteiger partial charge >= 0.3 is 0 Å². The lowest BCUT2D eigenvalue weighted by molar-refractivity contribution is 0.806. The predicted octanol–water partition coefficient (Wildman–Crippen LogP) is 1.46. The highest BCUT2D eigenvalue weighted by atomic mass is 32.2. The molecule has 0 bridgehead atoms. The molecule has 0 saturated carbocycles. The topological polar surface area (TPSA) is 38.0 Å². The zero-order valence-corrected chi connectivity index (χ0v) is 8.02. The molecule has 12 heavy (non-hydrogen) atoms. The van der Waals surface area contributed by atoms with E-state index in [1.807, 2.05) is 0 Å². The van der Waals surface area contributed by atoms with Gasteiger partial charge in [-0.25, -0.2) is 0 Å². The first-order valence-electron chi connectivity index (χ1n) is 4.35. The molecule has 0 aliphatic heterocycles. The third-order valence-corrected chi connectivity index (χ3v) is 2.68. The van der Waals surface area contributed by atoms with Gasteiger partial charge in [0.2, 0.25) is 0 Å². The van der Waals surface area contributed by atoms with Gasteiger partial charge in [-0.1, -0.05) is 36.3 Å². The Morgan fingerprint density at radius 3 is 3.08 bits per heavy atom. The quantitative estimate of drug-likeness (QED) is 0.502. The van der Waals surface area contributed by atoms with Crippen molar-refractivity contribution in [2.24, 2.45) is 5.73 Å². The Hall–Kier alpha value is -0.250. The Morgan fingerprint density at radius 1 is 1.50 bits per heavy atom. The first-order valence-corrected chi connectivity index (χ1v) is 5.23. The Kier molecular flexibility index (Phi) is 5.15. The molecule has 0 spiro atoms. The first kappa shape index (κ1) is 9.84. The third kappa shape index (κ3) is 3.95. The molecule has 1 atom stereocenters. The van der Waals surface area contributed by atoms with Crippen LogP contribution in [0.25, 0.3) is 0 Å². The van der Waals surface area contributed by atoms with Crippen molar-refractivity contribution in [3.63, 3.8) is 0 Å². The number of rotatable bonds is 5. The normalized spacial score (nSPS) is 21.6. The summed E-state index contributed by atoms with van der Waals surface area (Å²) in [6, 6.07) is 0. The minimum atomic E-state index is 0.604. The summed E-state index contributed by atoms with van der Waals surface area (Å²) in [5, 5.41) is 0.604. The molecule has 3 N–H and O–H groups in total. The molecule has 1 rings (SSSR count). The predicted molar refractivity (Wildman–Crippen MR) is 56.0 cm³/mol. The first-order chi connectivity index (χ1) is 5.93. The monoisotopic (exact) mass is 184 g/mol. The van der Waals surface area contributed by atoms with E-state index in [0.29, 0.717) is 5.25 Å². The lowest BCUT2D eigenvalue weighted by Crippen LogP contribution is -2.15.